The molecule has 0 saturated heterocycles. The van der Waals surface area contributed by atoms with Crippen LogP contribution in [-0.4, -0.2) is 27.6 Å². The first-order valence-electron chi connectivity index (χ1n) is 8.80. The molecule has 1 aromatic heterocycles. The van der Waals surface area contributed by atoms with Gasteiger partial charge in [-0.05, 0) is 42.4 Å². The van der Waals surface area contributed by atoms with Crippen LogP contribution < -0.4 is 4.90 Å². The van der Waals surface area contributed by atoms with E-state index in [1.165, 1.54) is 11.3 Å². The Hall–Kier alpha value is -2.73. The Kier molecular flexibility index (Phi) is 5.96. The summed E-state index contributed by atoms with van der Waals surface area (Å²) < 4.78 is 2.17. The molecule has 0 unspecified atom stereocenters. The van der Waals surface area contributed by atoms with Gasteiger partial charge in [0.15, 0.2) is 5.82 Å². The van der Waals surface area contributed by atoms with Gasteiger partial charge in [0.25, 0.3) is 0 Å². The van der Waals surface area contributed by atoms with Gasteiger partial charge < -0.3 is 4.90 Å². The Balaban J connectivity index is 1.74. The summed E-state index contributed by atoms with van der Waals surface area (Å²) in [4.78, 5) is 2.34. The first-order chi connectivity index (χ1) is 12.7. The maximum atomic E-state index is 5.21. The van der Waals surface area contributed by atoms with E-state index in [1.807, 2.05) is 19.2 Å². The van der Waals surface area contributed by atoms with Crippen molar-refractivity contribution in [2.75, 3.05) is 11.4 Å². The van der Waals surface area contributed by atoms with E-state index in [0.29, 0.717) is 4.77 Å². The number of aryl methyl sites for hydroxylation is 1. The van der Waals surface area contributed by atoms with E-state index >= 15 is 0 Å². The fourth-order valence-electron chi connectivity index (χ4n) is 2.76. The zero-order valence-electron chi connectivity index (χ0n) is 15.1. The Morgan fingerprint density at radius 3 is 2.50 bits per heavy atom. The second-order valence-electron chi connectivity index (χ2n) is 5.95. The molecule has 0 aliphatic carbocycles. The van der Waals surface area contributed by atoms with Crippen molar-refractivity contribution in [1.29, 1.82) is 0 Å². The summed E-state index contributed by atoms with van der Waals surface area (Å²) in [6, 6.07) is 18.9. The molecule has 1 N–H and O–H groups in total. The second kappa shape index (κ2) is 8.58. The molecule has 0 aliphatic rings. The van der Waals surface area contributed by atoms with E-state index in [1.54, 1.807) is 4.68 Å². The van der Waals surface area contributed by atoms with Crippen LogP contribution in [0.25, 0.3) is 0 Å². The summed E-state index contributed by atoms with van der Waals surface area (Å²) >= 11 is 5.21. The van der Waals surface area contributed by atoms with Crippen molar-refractivity contribution in [2.24, 2.45) is 5.10 Å². The third-order valence-electron chi connectivity index (χ3n) is 4.21. The molecule has 0 amide bonds. The Morgan fingerprint density at radius 2 is 1.85 bits per heavy atom. The van der Waals surface area contributed by atoms with Gasteiger partial charge >= 0.3 is 0 Å². The monoisotopic (exact) mass is 365 g/mol. The Labute approximate surface area is 159 Å². The van der Waals surface area contributed by atoms with Crippen LogP contribution >= 0.6 is 12.2 Å². The molecule has 26 heavy (non-hydrogen) atoms. The Morgan fingerprint density at radius 1 is 1.12 bits per heavy atom. The number of aromatic amines is 1. The molecular weight excluding hydrogens is 342 g/mol. The van der Waals surface area contributed by atoms with Crippen molar-refractivity contribution in [3.05, 3.63) is 76.3 Å². The van der Waals surface area contributed by atoms with E-state index < -0.39 is 0 Å². The smallest absolute Gasteiger partial charge is 0.216 e. The molecule has 5 nitrogen and oxygen atoms in total. The third kappa shape index (κ3) is 4.26. The summed E-state index contributed by atoms with van der Waals surface area (Å²) in [5.74, 6) is 0.822. The molecule has 3 aromatic rings. The molecule has 0 aliphatic heterocycles. The number of nitrogens with one attached hydrogen (secondary N) is 1. The van der Waals surface area contributed by atoms with Crippen LogP contribution in [0.3, 0.4) is 0 Å². The number of hydrogen-bond acceptors (Lipinski definition) is 4. The zero-order chi connectivity index (χ0) is 18.4. The maximum Gasteiger partial charge on any atom is 0.216 e. The van der Waals surface area contributed by atoms with Crippen molar-refractivity contribution in [2.45, 2.75) is 26.8 Å². The van der Waals surface area contributed by atoms with Crippen LogP contribution in [0.4, 0.5) is 5.69 Å². The van der Waals surface area contributed by atoms with E-state index in [2.05, 4.69) is 75.7 Å². The topological polar surface area (TPSA) is 49.2 Å². The van der Waals surface area contributed by atoms with Crippen LogP contribution in [0.1, 0.15) is 30.8 Å². The highest BCUT2D eigenvalue weighted by molar-refractivity contribution is 7.71. The third-order valence-corrected chi connectivity index (χ3v) is 4.48. The molecule has 0 spiro atoms. The van der Waals surface area contributed by atoms with Crippen LogP contribution in [0.5, 0.6) is 0 Å². The van der Waals surface area contributed by atoms with E-state index in [-0.39, 0.29) is 0 Å². The molecule has 0 saturated carbocycles. The molecule has 3 rings (SSSR count). The van der Waals surface area contributed by atoms with E-state index in [9.17, 15) is 0 Å². The highest BCUT2D eigenvalue weighted by Crippen LogP contribution is 2.17. The van der Waals surface area contributed by atoms with Crippen LogP contribution in [0.15, 0.2) is 59.7 Å². The lowest BCUT2D eigenvalue weighted by Gasteiger charge is -2.23. The predicted octanol–water partition coefficient (Wildman–Crippen LogP) is 4.41. The van der Waals surface area contributed by atoms with Crippen molar-refractivity contribution in [3.8, 4) is 0 Å². The van der Waals surface area contributed by atoms with Gasteiger partial charge in [0.2, 0.25) is 4.77 Å². The predicted molar refractivity (Wildman–Crippen MR) is 109 cm³/mol. The minimum atomic E-state index is 0.509. The van der Waals surface area contributed by atoms with Crippen LogP contribution in [-0.2, 0) is 13.0 Å². The average molecular weight is 366 g/mol. The average Bonchev–Trinajstić information content (AvgIpc) is 3.05. The summed E-state index contributed by atoms with van der Waals surface area (Å²) in [5.41, 5.74) is 3.53. The fraction of sp³-hybridized carbons (Fsp3) is 0.250. The van der Waals surface area contributed by atoms with Gasteiger partial charge in [-0.3, -0.25) is 5.10 Å². The summed E-state index contributed by atoms with van der Waals surface area (Å²) in [6.45, 7) is 6.05. The highest BCUT2D eigenvalue weighted by Gasteiger charge is 2.05. The lowest BCUT2D eigenvalue weighted by molar-refractivity contribution is 0.780. The van der Waals surface area contributed by atoms with Crippen LogP contribution in [0, 0.1) is 4.77 Å². The summed E-state index contributed by atoms with van der Waals surface area (Å²) in [7, 11) is 0. The van der Waals surface area contributed by atoms with Crippen molar-refractivity contribution in [1.82, 2.24) is 14.9 Å². The molecule has 0 bridgehead atoms. The number of aromatic nitrogens is 3. The largest absolute Gasteiger partial charge is 0.367 e. The van der Waals surface area contributed by atoms with Crippen molar-refractivity contribution >= 4 is 24.1 Å². The van der Waals surface area contributed by atoms with E-state index in [4.69, 9.17) is 12.2 Å². The van der Waals surface area contributed by atoms with E-state index in [0.717, 1.165) is 30.9 Å². The number of anilines is 1. The van der Waals surface area contributed by atoms with Crippen molar-refractivity contribution < 1.29 is 0 Å². The molecule has 1 heterocycles. The molecule has 0 fully saturated rings. The minimum Gasteiger partial charge on any atom is -0.367 e. The highest BCUT2D eigenvalue weighted by atomic mass is 32.1. The van der Waals surface area contributed by atoms with Crippen molar-refractivity contribution in [3.63, 3.8) is 0 Å². The molecule has 0 radical (unpaired) electrons. The van der Waals surface area contributed by atoms with Gasteiger partial charge in [0, 0.05) is 25.2 Å². The van der Waals surface area contributed by atoms with Gasteiger partial charge in [0.1, 0.15) is 0 Å². The molecule has 134 valence electrons. The second-order valence-corrected chi connectivity index (χ2v) is 6.33. The number of H-pyrrole nitrogens is 1. The first-order valence-corrected chi connectivity index (χ1v) is 9.21. The van der Waals surface area contributed by atoms with Gasteiger partial charge in [-0.15, -0.1) is 0 Å². The standard InChI is InChI=1S/C20H23N5S/c1-3-19-22-23-20(26)25(19)21-14-16-10-12-18(13-11-16)24(4-2)15-17-8-6-5-7-9-17/h5-14H,3-4,15H2,1-2H3,(H,23,26). The molecule has 6 heteroatoms. The first kappa shape index (κ1) is 18.1. The summed E-state index contributed by atoms with van der Waals surface area (Å²) in [6.07, 6.45) is 2.58. The van der Waals surface area contributed by atoms with Gasteiger partial charge in [0.05, 0.1) is 6.21 Å². The zero-order valence-corrected chi connectivity index (χ0v) is 15.9. The fourth-order valence-corrected chi connectivity index (χ4v) is 2.96. The minimum absolute atomic E-state index is 0.509. The normalized spacial score (nSPS) is 11.2. The maximum absolute atomic E-state index is 5.21. The van der Waals surface area contributed by atoms with Gasteiger partial charge in [-0.1, -0.05) is 49.4 Å². The lowest BCUT2D eigenvalue weighted by atomic mass is 10.1. The molecule has 0 atom stereocenters. The SMILES string of the molecule is CCc1n[nH]c(=S)n1N=Cc1ccc(N(CC)Cc2ccccc2)cc1. The number of hydrogen-bond donors (Lipinski definition) is 1. The quantitative estimate of drug-likeness (QED) is 0.498. The number of nitrogens with zero attached hydrogens (tertiary/aromatic N) is 4. The van der Waals surface area contributed by atoms with Crippen LogP contribution in [0.2, 0.25) is 0 Å². The number of benzene rings is 2. The summed E-state index contributed by atoms with van der Waals surface area (Å²) in [5, 5.41) is 11.4. The lowest BCUT2D eigenvalue weighted by Crippen LogP contribution is -2.21. The van der Waals surface area contributed by atoms with Gasteiger partial charge in [-0.2, -0.15) is 14.9 Å². The molecule has 2 aromatic carbocycles. The molecular formula is C20H23N5S. The number of rotatable bonds is 7. The Bertz CT molecular complexity index is 909. The van der Waals surface area contributed by atoms with Gasteiger partial charge in [-0.25, -0.2) is 0 Å².